The van der Waals surface area contributed by atoms with Crippen LogP contribution in [0.2, 0.25) is 0 Å². The lowest BCUT2D eigenvalue weighted by molar-refractivity contribution is 1.47. The van der Waals surface area contributed by atoms with Crippen LogP contribution in [0.5, 0.6) is 0 Å². The van der Waals surface area contributed by atoms with Gasteiger partial charge in [0, 0.05) is 0 Å². The van der Waals surface area contributed by atoms with Crippen molar-refractivity contribution in [3.05, 3.63) is 108 Å². The Kier molecular flexibility index (Phi) is 3.70. The van der Waals surface area contributed by atoms with Crippen molar-refractivity contribution in [3.8, 4) is 44.5 Å². The van der Waals surface area contributed by atoms with E-state index in [1.807, 2.05) is 0 Å². The van der Waals surface area contributed by atoms with Gasteiger partial charge in [0.2, 0.25) is 0 Å². The highest BCUT2D eigenvalue weighted by Gasteiger charge is 2.28. The molecule has 0 bridgehead atoms. The topological polar surface area (TPSA) is 0 Å². The summed E-state index contributed by atoms with van der Waals surface area (Å²) in [7, 11) is 0. The maximum absolute atomic E-state index is 2.33. The maximum Gasteiger partial charge on any atom is -0.00139 e. The molecular formula is C30H22. The Bertz CT molecular complexity index is 1320. The first-order valence-corrected chi connectivity index (χ1v) is 10.6. The normalized spacial score (nSPS) is 11.7. The molecule has 5 aromatic rings. The number of aryl methyl sites for hydroxylation is 2. The summed E-state index contributed by atoms with van der Waals surface area (Å²) in [4.78, 5) is 0. The highest BCUT2D eigenvalue weighted by atomic mass is 14.3. The summed E-state index contributed by atoms with van der Waals surface area (Å²) >= 11 is 0. The van der Waals surface area contributed by atoms with E-state index in [1.165, 1.54) is 66.4 Å². The molecule has 0 saturated carbocycles. The highest BCUT2D eigenvalue weighted by Crippen LogP contribution is 2.55. The van der Waals surface area contributed by atoms with Gasteiger partial charge >= 0.3 is 0 Å². The van der Waals surface area contributed by atoms with Crippen LogP contribution >= 0.6 is 0 Å². The summed E-state index contributed by atoms with van der Waals surface area (Å²) in [5, 5.41) is 2.81. The Hall–Kier alpha value is -3.64. The van der Waals surface area contributed by atoms with E-state index in [0.29, 0.717) is 0 Å². The number of benzene rings is 5. The Labute approximate surface area is 177 Å². The van der Waals surface area contributed by atoms with E-state index in [-0.39, 0.29) is 0 Å². The molecule has 1 aliphatic carbocycles. The van der Waals surface area contributed by atoms with Crippen molar-refractivity contribution >= 4 is 10.8 Å². The Morgan fingerprint density at radius 1 is 0.367 bits per heavy atom. The molecule has 0 atom stereocenters. The van der Waals surface area contributed by atoms with Crippen molar-refractivity contribution in [2.24, 2.45) is 0 Å². The molecule has 0 spiro atoms. The van der Waals surface area contributed by atoms with Gasteiger partial charge in [-0.15, -0.1) is 0 Å². The van der Waals surface area contributed by atoms with Crippen LogP contribution in [0.4, 0.5) is 0 Å². The van der Waals surface area contributed by atoms with Gasteiger partial charge in [-0.3, -0.25) is 0 Å². The molecule has 0 nitrogen and oxygen atoms in total. The molecule has 142 valence electrons. The molecule has 0 saturated heterocycles. The quantitative estimate of drug-likeness (QED) is 0.282. The van der Waals surface area contributed by atoms with Crippen LogP contribution in [0.15, 0.2) is 97.1 Å². The number of hydrogen-bond acceptors (Lipinski definition) is 0. The lowest BCUT2D eigenvalue weighted by Crippen LogP contribution is -1.89. The van der Waals surface area contributed by atoms with Crippen LogP contribution in [-0.2, 0) is 0 Å². The third-order valence-corrected chi connectivity index (χ3v) is 6.49. The van der Waals surface area contributed by atoms with Crippen molar-refractivity contribution in [2.75, 3.05) is 0 Å². The van der Waals surface area contributed by atoms with Crippen LogP contribution in [-0.4, -0.2) is 0 Å². The van der Waals surface area contributed by atoms with Gasteiger partial charge in [-0.05, 0) is 80.3 Å². The minimum Gasteiger partial charge on any atom is -0.0622 e. The fourth-order valence-corrected chi connectivity index (χ4v) is 5.17. The maximum atomic E-state index is 2.33. The Morgan fingerprint density at radius 2 is 0.767 bits per heavy atom. The van der Waals surface area contributed by atoms with E-state index in [4.69, 9.17) is 0 Å². The molecule has 0 unspecified atom stereocenters. The molecule has 6 rings (SSSR count). The molecule has 0 fully saturated rings. The van der Waals surface area contributed by atoms with Gasteiger partial charge < -0.3 is 0 Å². The van der Waals surface area contributed by atoms with Gasteiger partial charge in [0.15, 0.2) is 0 Å². The zero-order valence-electron chi connectivity index (χ0n) is 17.2. The minimum absolute atomic E-state index is 1.27. The first kappa shape index (κ1) is 17.2. The van der Waals surface area contributed by atoms with Crippen molar-refractivity contribution in [2.45, 2.75) is 13.8 Å². The smallest absolute Gasteiger partial charge is 0.00139 e. The predicted molar refractivity (Wildman–Crippen MR) is 129 cm³/mol. The van der Waals surface area contributed by atoms with Crippen molar-refractivity contribution < 1.29 is 0 Å². The van der Waals surface area contributed by atoms with Gasteiger partial charge in [-0.1, -0.05) is 97.1 Å². The summed E-state index contributed by atoms with van der Waals surface area (Å²) in [6, 6.07) is 35.4. The van der Waals surface area contributed by atoms with E-state index in [0.717, 1.165) is 0 Å². The van der Waals surface area contributed by atoms with Crippen LogP contribution in [0, 0.1) is 13.8 Å². The lowest BCUT2D eigenvalue weighted by atomic mass is 9.88. The average molecular weight is 383 g/mol. The summed E-state index contributed by atoms with van der Waals surface area (Å²) in [5.74, 6) is 0. The zero-order valence-corrected chi connectivity index (χ0v) is 17.2. The van der Waals surface area contributed by atoms with E-state index < -0.39 is 0 Å². The van der Waals surface area contributed by atoms with Crippen LogP contribution < -0.4 is 0 Å². The van der Waals surface area contributed by atoms with Gasteiger partial charge in [-0.25, -0.2) is 0 Å². The molecule has 5 aromatic carbocycles. The molecule has 0 N–H and O–H groups in total. The molecule has 0 heteroatoms. The molecule has 1 aliphatic rings. The van der Waals surface area contributed by atoms with E-state index >= 15 is 0 Å². The van der Waals surface area contributed by atoms with E-state index in [1.54, 1.807) is 0 Å². The van der Waals surface area contributed by atoms with Gasteiger partial charge in [-0.2, -0.15) is 0 Å². The Balaban J connectivity index is 1.79. The SMILES string of the molecule is Cc1ccc2c3c(ccc(C)c13)-c1c(-c3ccccc3)ccc(-c3ccccc3)c1-2. The lowest BCUT2D eigenvalue weighted by Gasteiger charge is -2.15. The van der Waals surface area contributed by atoms with Crippen LogP contribution in [0.25, 0.3) is 55.3 Å². The predicted octanol–water partition coefficient (Wildman–Crippen LogP) is 8.44. The number of fused-ring (bicyclic) bond motifs is 3. The van der Waals surface area contributed by atoms with Gasteiger partial charge in [0.05, 0.1) is 0 Å². The zero-order chi connectivity index (χ0) is 20.2. The van der Waals surface area contributed by atoms with Crippen molar-refractivity contribution in [1.29, 1.82) is 0 Å². The fraction of sp³-hybridized carbons (Fsp3) is 0.0667. The number of hydrogen-bond donors (Lipinski definition) is 0. The van der Waals surface area contributed by atoms with Crippen LogP contribution in [0.1, 0.15) is 11.1 Å². The van der Waals surface area contributed by atoms with E-state index in [2.05, 4.69) is 111 Å². The number of rotatable bonds is 2. The molecule has 0 aliphatic heterocycles. The third kappa shape index (κ3) is 2.34. The molecule has 0 aromatic heterocycles. The van der Waals surface area contributed by atoms with Gasteiger partial charge in [0.1, 0.15) is 0 Å². The molecule has 0 amide bonds. The van der Waals surface area contributed by atoms with Crippen molar-refractivity contribution in [3.63, 3.8) is 0 Å². The van der Waals surface area contributed by atoms with Crippen LogP contribution in [0.3, 0.4) is 0 Å². The second-order valence-electron chi connectivity index (χ2n) is 8.25. The summed E-state index contributed by atoms with van der Waals surface area (Å²) in [6.07, 6.45) is 0. The fourth-order valence-electron chi connectivity index (χ4n) is 5.17. The molecule has 30 heavy (non-hydrogen) atoms. The first-order chi connectivity index (χ1) is 14.7. The van der Waals surface area contributed by atoms with E-state index in [9.17, 15) is 0 Å². The Morgan fingerprint density at radius 3 is 1.20 bits per heavy atom. The minimum atomic E-state index is 1.27. The summed E-state index contributed by atoms with van der Waals surface area (Å²) in [6.45, 7) is 4.46. The molecule has 0 heterocycles. The molecular weight excluding hydrogens is 360 g/mol. The average Bonchev–Trinajstić information content (AvgIpc) is 3.13. The second kappa shape index (κ2) is 6.43. The summed E-state index contributed by atoms with van der Waals surface area (Å²) < 4.78 is 0. The third-order valence-electron chi connectivity index (χ3n) is 6.49. The largest absolute Gasteiger partial charge is 0.0622 e. The standard InChI is InChI=1S/C30H22/c1-19-13-15-25-28-23(21-9-5-3-6-10-21)17-18-24(22-11-7-4-8-12-22)29(28)26-16-14-20(2)27(19)30(25)26/h3-18H,1-2H3. The second-order valence-corrected chi connectivity index (χ2v) is 8.25. The van der Waals surface area contributed by atoms with Gasteiger partial charge in [0.25, 0.3) is 0 Å². The monoisotopic (exact) mass is 382 g/mol. The first-order valence-electron chi connectivity index (χ1n) is 10.6. The highest BCUT2D eigenvalue weighted by molar-refractivity contribution is 6.22. The molecule has 0 radical (unpaired) electrons. The summed E-state index contributed by atoms with van der Waals surface area (Å²) in [5.41, 5.74) is 13.3. The van der Waals surface area contributed by atoms with Crippen molar-refractivity contribution in [1.82, 2.24) is 0 Å².